The van der Waals surface area contributed by atoms with E-state index in [0.717, 1.165) is 28.3 Å². The van der Waals surface area contributed by atoms with Gasteiger partial charge >= 0.3 is 0 Å². The smallest absolute Gasteiger partial charge is 0.237 e. The topological polar surface area (TPSA) is 58.2 Å². The molecule has 0 aliphatic heterocycles. The molecule has 0 saturated heterocycles. The lowest BCUT2D eigenvalue weighted by molar-refractivity contribution is -0.116. The fourth-order valence-corrected chi connectivity index (χ4v) is 3.16. The van der Waals surface area contributed by atoms with Crippen molar-refractivity contribution in [2.45, 2.75) is 43.8 Å². The maximum Gasteiger partial charge on any atom is 0.237 e. The molecule has 2 rings (SSSR count). The second kappa shape index (κ2) is 9.28. The highest BCUT2D eigenvalue weighted by Gasteiger charge is 2.14. The molecule has 0 spiro atoms. The SMILES string of the molecule is CCCC(=O)Nc1ccc(SC(C)C(=O)Nc2cccc(C)c2)cc1. The Balaban J connectivity index is 1.90. The normalized spacial score (nSPS) is 11.6. The molecule has 0 radical (unpaired) electrons. The van der Waals surface area contributed by atoms with Crippen molar-refractivity contribution in [3.8, 4) is 0 Å². The zero-order chi connectivity index (χ0) is 18.2. The molecule has 5 heteroatoms. The molecule has 1 unspecified atom stereocenters. The predicted octanol–water partition coefficient (Wildman–Crippen LogP) is 4.85. The molecule has 2 aromatic carbocycles. The zero-order valence-electron chi connectivity index (χ0n) is 14.8. The van der Waals surface area contributed by atoms with Crippen molar-refractivity contribution in [2.24, 2.45) is 0 Å². The highest BCUT2D eigenvalue weighted by atomic mass is 32.2. The van der Waals surface area contributed by atoms with Crippen LogP contribution < -0.4 is 10.6 Å². The van der Waals surface area contributed by atoms with Crippen molar-refractivity contribution in [3.63, 3.8) is 0 Å². The van der Waals surface area contributed by atoms with Crippen LogP contribution in [-0.4, -0.2) is 17.1 Å². The summed E-state index contributed by atoms with van der Waals surface area (Å²) in [5, 5.41) is 5.57. The van der Waals surface area contributed by atoms with Gasteiger partial charge in [-0.1, -0.05) is 19.1 Å². The Labute approximate surface area is 153 Å². The minimum Gasteiger partial charge on any atom is -0.326 e. The summed E-state index contributed by atoms with van der Waals surface area (Å²) in [6.45, 7) is 5.85. The molecule has 0 saturated carbocycles. The first-order valence-corrected chi connectivity index (χ1v) is 9.30. The van der Waals surface area contributed by atoms with E-state index in [1.807, 2.05) is 69.3 Å². The van der Waals surface area contributed by atoms with Gasteiger partial charge in [-0.25, -0.2) is 0 Å². The van der Waals surface area contributed by atoms with Gasteiger partial charge in [-0.15, -0.1) is 11.8 Å². The lowest BCUT2D eigenvalue weighted by Crippen LogP contribution is -2.22. The molecule has 25 heavy (non-hydrogen) atoms. The summed E-state index contributed by atoms with van der Waals surface area (Å²) in [4.78, 5) is 24.9. The van der Waals surface area contributed by atoms with Gasteiger partial charge in [0.1, 0.15) is 0 Å². The number of thioether (sulfide) groups is 1. The number of carbonyl (C=O) groups excluding carboxylic acids is 2. The third-order valence-electron chi connectivity index (χ3n) is 3.58. The Kier molecular flexibility index (Phi) is 7.07. The van der Waals surface area contributed by atoms with Crippen LogP contribution in [0.4, 0.5) is 11.4 Å². The Morgan fingerprint density at radius 1 is 1.04 bits per heavy atom. The molecule has 0 aromatic heterocycles. The predicted molar refractivity (Wildman–Crippen MR) is 105 cm³/mol. The second-order valence-corrected chi connectivity index (χ2v) is 7.36. The molecular weight excluding hydrogens is 332 g/mol. The molecular formula is C20H24N2O2S. The van der Waals surface area contributed by atoms with E-state index in [2.05, 4.69) is 10.6 Å². The van der Waals surface area contributed by atoms with Crippen molar-refractivity contribution >= 4 is 35.0 Å². The number of hydrogen-bond acceptors (Lipinski definition) is 3. The molecule has 1 atom stereocenters. The van der Waals surface area contributed by atoms with Crippen LogP contribution in [0.2, 0.25) is 0 Å². The van der Waals surface area contributed by atoms with Crippen molar-refractivity contribution in [3.05, 3.63) is 54.1 Å². The van der Waals surface area contributed by atoms with Crippen LogP contribution in [0.15, 0.2) is 53.4 Å². The van der Waals surface area contributed by atoms with Crippen LogP contribution in [-0.2, 0) is 9.59 Å². The largest absolute Gasteiger partial charge is 0.326 e. The van der Waals surface area contributed by atoms with Crippen LogP contribution in [0.1, 0.15) is 32.3 Å². The van der Waals surface area contributed by atoms with E-state index < -0.39 is 0 Å². The van der Waals surface area contributed by atoms with Crippen LogP contribution in [0, 0.1) is 6.92 Å². The standard InChI is InChI=1S/C20H24N2O2S/c1-4-6-19(23)21-16-9-11-18(12-10-16)25-15(3)20(24)22-17-8-5-7-14(2)13-17/h5,7-13,15H,4,6H2,1-3H3,(H,21,23)(H,22,24). The fourth-order valence-electron chi connectivity index (χ4n) is 2.29. The molecule has 2 amide bonds. The van der Waals surface area contributed by atoms with E-state index in [9.17, 15) is 9.59 Å². The van der Waals surface area contributed by atoms with E-state index in [1.54, 1.807) is 0 Å². The number of hydrogen-bond donors (Lipinski definition) is 2. The number of benzene rings is 2. The molecule has 2 aromatic rings. The number of amides is 2. The molecule has 0 aliphatic carbocycles. The Morgan fingerprint density at radius 3 is 2.40 bits per heavy atom. The molecule has 132 valence electrons. The Hall–Kier alpha value is -2.27. The van der Waals surface area contributed by atoms with E-state index in [4.69, 9.17) is 0 Å². The quantitative estimate of drug-likeness (QED) is 0.697. The summed E-state index contributed by atoms with van der Waals surface area (Å²) in [6.07, 6.45) is 1.35. The second-order valence-electron chi connectivity index (χ2n) is 5.94. The minimum absolute atomic E-state index is 0.0220. The minimum atomic E-state index is -0.221. The number of anilines is 2. The average Bonchev–Trinajstić information content (AvgIpc) is 2.57. The lowest BCUT2D eigenvalue weighted by atomic mass is 10.2. The van der Waals surface area contributed by atoms with Gasteiger partial charge < -0.3 is 10.6 Å². The van der Waals surface area contributed by atoms with Gasteiger partial charge in [-0.3, -0.25) is 9.59 Å². The van der Waals surface area contributed by atoms with Crippen LogP contribution in [0.3, 0.4) is 0 Å². The van der Waals surface area contributed by atoms with Crippen molar-refractivity contribution in [1.29, 1.82) is 0 Å². The lowest BCUT2D eigenvalue weighted by Gasteiger charge is -2.13. The van der Waals surface area contributed by atoms with E-state index in [1.165, 1.54) is 11.8 Å². The monoisotopic (exact) mass is 356 g/mol. The first kappa shape index (κ1) is 19.1. The van der Waals surface area contributed by atoms with E-state index >= 15 is 0 Å². The van der Waals surface area contributed by atoms with Gasteiger partial charge in [0.25, 0.3) is 0 Å². The first-order valence-electron chi connectivity index (χ1n) is 8.42. The zero-order valence-corrected chi connectivity index (χ0v) is 15.7. The van der Waals surface area contributed by atoms with Crippen LogP contribution in [0.25, 0.3) is 0 Å². The van der Waals surface area contributed by atoms with E-state index in [-0.39, 0.29) is 17.1 Å². The van der Waals surface area contributed by atoms with Gasteiger partial charge in [0.2, 0.25) is 11.8 Å². The van der Waals surface area contributed by atoms with Gasteiger partial charge in [0.05, 0.1) is 5.25 Å². The van der Waals surface area contributed by atoms with E-state index in [0.29, 0.717) is 6.42 Å². The molecule has 0 bridgehead atoms. The summed E-state index contributed by atoms with van der Waals surface area (Å²) < 4.78 is 0. The Bertz CT molecular complexity index is 729. The number of carbonyl (C=O) groups is 2. The van der Waals surface area contributed by atoms with Crippen molar-refractivity contribution < 1.29 is 9.59 Å². The first-order chi connectivity index (χ1) is 12.0. The summed E-state index contributed by atoms with van der Waals surface area (Å²) in [5.74, 6) is -0.00951. The molecule has 2 N–H and O–H groups in total. The van der Waals surface area contributed by atoms with Crippen LogP contribution >= 0.6 is 11.8 Å². The van der Waals surface area contributed by atoms with Gasteiger partial charge in [0.15, 0.2) is 0 Å². The summed E-state index contributed by atoms with van der Waals surface area (Å²) in [6, 6.07) is 15.3. The van der Waals surface area contributed by atoms with Crippen molar-refractivity contribution in [1.82, 2.24) is 0 Å². The van der Waals surface area contributed by atoms with Crippen LogP contribution in [0.5, 0.6) is 0 Å². The third-order valence-corrected chi connectivity index (χ3v) is 4.69. The maximum atomic E-state index is 12.3. The Morgan fingerprint density at radius 2 is 1.76 bits per heavy atom. The third kappa shape index (κ3) is 6.27. The summed E-state index contributed by atoms with van der Waals surface area (Å²) in [5.41, 5.74) is 2.70. The molecule has 4 nitrogen and oxygen atoms in total. The molecule has 0 fully saturated rings. The average molecular weight is 356 g/mol. The van der Waals surface area contributed by atoms with Gasteiger partial charge in [0, 0.05) is 22.7 Å². The highest BCUT2D eigenvalue weighted by Crippen LogP contribution is 2.25. The highest BCUT2D eigenvalue weighted by molar-refractivity contribution is 8.00. The molecule has 0 heterocycles. The number of nitrogens with one attached hydrogen (secondary N) is 2. The van der Waals surface area contributed by atoms with Gasteiger partial charge in [-0.2, -0.15) is 0 Å². The maximum absolute atomic E-state index is 12.3. The number of rotatable bonds is 7. The fraction of sp³-hybridized carbons (Fsp3) is 0.300. The van der Waals surface area contributed by atoms with Gasteiger partial charge in [-0.05, 0) is 62.2 Å². The summed E-state index contributed by atoms with van der Waals surface area (Å²) >= 11 is 1.49. The van der Waals surface area contributed by atoms with Crippen molar-refractivity contribution in [2.75, 3.05) is 10.6 Å². The summed E-state index contributed by atoms with van der Waals surface area (Å²) in [7, 11) is 0. The number of aryl methyl sites for hydroxylation is 1. The molecule has 0 aliphatic rings.